The van der Waals surface area contributed by atoms with E-state index in [1.54, 1.807) is 0 Å². The molecule has 1 rings (SSSR count). The number of nitrogens with zero attached hydrogens (tertiary/aromatic N) is 2. The smallest absolute Gasteiger partial charge is 0.306 e. The van der Waals surface area contributed by atoms with Crippen LogP contribution in [0.5, 0.6) is 0 Å². The second-order valence-corrected chi connectivity index (χ2v) is 4.89. The molecule has 1 heterocycles. The van der Waals surface area contributed by atoms with Gasteiger partial charge in [0.15, 0.2) is 0 Å². The van der Waals surface area contributed by atoms with Crippen molar-refractivity contribution in [3.8, 4) is 0 Å². The molecule has 17 heavy (non-hydrogen) atoms. The van der Waals surface area contributed by atoms with Crippen LogP contribution in [0.15, 0.2) is 11.4 Å². The molecule has 0 amide bonds. The van der Waals surface area contributed by atoms with Gasteiger partial charge in [0, 0.05) is 11.3 Å². The van der Waals surface area contributed by atoms with Crippen molar-refractivity contribution < 1.29 is 9.53 Å². The fourth-order valence-electron chi connectivity index (χ4n) is 1.38. The molecule has 0 aliphatic heterocycles. The van der Waals surface area contributed by atoms with Crippen LogP contribution in [0.25, 0.3) is 0 Å². The van der Waals surface area contributed by atoms with Gasteiger partial charge in [0.1, 0.15) is 17.2 Å². The van der Waals surface area contributed by atoms with E-state index in [4.69, 9.17) is 5.73 Å². The largest absolute Gasteiger partial charge is 0.469 e. The van der Waals surface area contributed by atoms with Crippen molar-refractivity contribution in [2.24, 2.45) is 0 Å². The maximum atomic E-state index is 11.0. The molecule has 2 N–H and O–H groups in total. The van der Waals surface area contributed by atoms with E-state index in [0.29, 0.717) is 18.0 Å². The number of hydrogen-bond acceptors (Lipinski definition) is 6. The molecule has 94 valence electrons. The molecule has 5 nitrogen and oxygen atoms in total. The lowest BCUT2D eigenvalue weighted by Gasteiger charge is -2.12. The summed E-state index contributed by atoms with van der Waals surface area (Å²) in [7, 11) is 1.38. The number of ether oxygens (including phenoxy) is 1. The lowest BCUT2D eigenvalue weighted by Crippen LogP contribution is -2.05. The number of nitrogens with two attached hydrogens (primary N) is 1. The second-order valence-electron chi connectivity index (χ2n) is 3.81. The van der Waals surface area contributed by atoms with Crippen LogP contribution in [-0.4, -0.2) is 28.8 Å². The average Bonchev–Trinajstić information content (AvgIpc) is 2.28. The molecule has 1 aromatic rings. The standard InChI is InChI=1S/C11H17N3O2S/c1-7(2)9-10(12)13-6-14-11(9)17-5-4-8(15)16-3/h6-7H,4-5H2,1-3H3,(H2,12,13,14). The zero-order chi connectivity index (χ0) is 12.8. The highest BCUT2D eigenvalue weighted by molar-refractivity contribution is 7.99. The van der Waals surface area contributed by atoms with E-state index in [1.807, 2.05) is 13.8 Å². The van der Waals surface area contributed by atoms with Gasteiger partial charge in [0.05, 0.1) is 13.5 Å². The zero-order valence-electron chi connectivity index (χ0n) is 10.3. The predicted octanol–water partition coefficient (Wildman–Crippen LogP) is 1.84. The third kappa shape index (κ3) is 3.89. The van der Waals surface area contributed by atoms with E-state index < -0.39 is 0 Å². The molecule has 0 aliphatic carbocycles. The summed E-state index contributed by atoms with van der Waals surface area (Å²) in [4.78, 5) is 19.2. The number of anilines is 1. The van der Waals surface area contributed by atoms with Crippen LogP contribution in [0.3, 0.4) is 0 Å². The zero-order valence-corrected chi connectivity index (χ0v) is 11.1. The number of hydrogen-bond donors (Lipinski definition) is 1. The number of nitrogen functional groups attached to an aromatic ring is 1. The average molecular weight is 255 g/mol. The summed E-state index contributed by atoms with van der Waals surface area (Å²) < 4.78 is 4.58. The first-order chi connectivity index (χ1) is 8.06. The van der Waals surface area contributed by atoms with Gasteiger partial charge >= 0.3 is 5.97 Å². The Morgan fingerprint density at radius 2 is 2.24 bits per heavy atom. The normalized spacial score (nSPS) is 10.6. The van der Waals surface area contributed by atoms with E-state index in [1.165, 1.54) is 25.2 Å². The predicted molar refractivity (Wildman–Crippen MR) is 67.9 cm³/mol. The Kier molecular flexibility index (Phi) is 5.21. The van der Waals surface area contributed by atoms with Crippen LogP contribution in [0, 0.1) is 0 Å². The molecule has 0 bridgehead atoms. The highest BCUT2D eigenvalue weighted by atomic mass is 32.2. The summed E-state index contributed by atoms with van der Waals surface area (Å²) in [6, 6.07) is 0. The van der Waals surface area contributed by atoms with Crippen LogP contribution in [0.2, 0.25) is 0 Å². The van der Waals surface area contributed by atoms with Gasteiger partial charge in [-0.2, -0.15) is 0 Å². The van der Waals surface area contributed by atoms with Crippen LogP contribution in [-0.2, 0) is 9.53 Å². The molecule has 0 aromatic carbocycles. The Bertz CT molecular complexity index is 396. The second kappa shape index (κ2) is 6.44. The number of carbonyl (C=O) groups is 1. The Hall–Kier alpha value is -1.30. The Labute approximate surface area is 105 Å². The summed E-state index contributed by atoms with van der Waals surface area (Å²) in [5, 5.41) is 0.844. The van der Waals surface area contributed by atoms with Gasteiger partial charge in [-0.15, -0.1) is 11.8 Å². The van der Waals surface area contributed by atoms with Crippen molar-refractivity contribution in [3.05, 3.63) is 11.9 Å². The molecule has 0 aliphatic rings. The van der Waals surface area contributed by atoms with Crippen molar-refractivity contribution in [1.82, 2.24) is 9.97 Å². The van der Waals surface area contributed by atoms with Crippen molar-refractivity contribution in [1.29, 1.82) is 0 Å². The fraction of sp³-hybridized carbons (Fsp3) is 0.545. The molecule has 0 fully saturated rings. The molecular formula is C11H17N3O2S. The molecule has 0 radical (unpaired) electrons. The number of carbonyl (C=O) groups excluding carboxylic acids is 1. The monoisotopic (exact) mass is 255 g/mol. The van der Waals surface area contributed by atoms with Gasteiger partial charge in [-0.1, -0.05) is 13.8 Å². The van der Waals surface area contributed by atoms with Crippen LogP contribution < -0.4 is 5.73 Å². The molecule has 1 aromatic heterocycles. The first-order valence-corrected chi connectivity index (χ1v) is 6.34. The first-order valence-electron chi connectivity index (χ1n) is 5.36. The summed E-state index contributed by atoms with van der Waals surface area (Å²) >= 11 is 1.50. The van der Waals surface area contributed by atoms with E-state index in [-0.39, 0.29) is 11.9 Å². The molecule has 0 atom stereocenters. The van der Waals surface area contributed by atoms with Crippen molar-refractivity contribution in [2.45, 2.75) is 31.2 Å². The van der Waals surface area contributed by atoms with Crippen molar-refractivity contribution in [3.63, 3.8) is 0 Å². The quantitative estimate of drug-likeness (QED) is 0.491. The molecular weight excluding hydrogens is 238 g/mol. The third-order valence-electron chi connectivity index (χ3n) is 2.23. The van der Waals surface area contributed by atoms with Crippen molar-refractivity contribution >= 4 is 23.5 Å². The molecule has 6 heteroatoms. The molecule has 0 saturated carbocycles. The molecule has 0 spiro atoms. The fourth-order valence-corrected chi connectivity index (χ4v) is 2.46. The van der Waals surface area contributed by atoms with E-state index >= 15 is 0 Å². The number of thioether (sulfide) groups is 1. The van der Waals surface area contributed by atoms with Crippen LogP contribution >= 0.6 is 11.8 Å². The number of esters is 1. The Morgan fingerprint density at radius 1 is 1.53 bits per heavy atom. The van der Waals surface area contributed by atoms with Gasteiger partial charge in [-0.05, 0) is 5.92 Å². The number of rotatable bonds is 5. The van der Waals surface area contributed by atoms with Gasteiger partial charge < -0.3 is 10.5 Å². The highest BCUT2D eigenvalue weighted by Crippen LogP contribution is 2.29. The topological polar surface area (TPSA) is 78.1 Å². The van der Waals surface area contributed by atoms with E-state index in [9.17, 15) is 4.79 Å². The number of aromatic nitrogens is 2. The Balaban J connectivity index is 2.70. The van der Waals surface area contributed by atoms with Crippen LogP contribution in [0.4, 0.5) is 5.82 Å². The van der Waals surface area contributed by atoms with Crippen molar-refractivity contribution in [2.75, 3.05) is 18.6 Å². The Morgan fingerprint density at radius 3 is 2.82 bits per heavy atom. The minimum absolute atomic E-state index is 0.217. The lowest BCUT2D eigenvalue weighted by atomic mass is 10.1. The highest BCUT2D eigenvalue weighted by Gasteiger charge is 2.13. The van der Waals surface area contributed by atoms with Gasteiger partial charge in [0.25, 0.3) is 0 Å². The minimum Gasteiger partial charge on any atom is -0.469 e. The van der Waals surface area contributed by atoms with Gasteiger partial charge in [0.2, 0.25) is 0 Å². The van der Waals surface area contributed by atoms with E-state index in [0.717, 1.165) is 10.6 Å². The first kappa shape index (κ1) is 13.8. The summed E-state index contributed by atoms with van der Waals surface area (Å²) in [6.45, 7) is 4.08. The summed E-state index contributed by atoms with van der Waals surface area (Å²) in [5.74, 6) is 1.18. The molecule has 0 saturated heterocycles. The minimum atomic E-state index is -0.217. The maximum absolute atomic E-state index is 11.0. The summed E-state index contributed by atoms with van der Waals surface area (Å²) in [6.07, 6.45) is 1.81. The molecule has 0 unspecified atom stereocenters. The van der Waals surface area contributed by atoms with Gasteiger partial charge in [-0.3, -0.25) is 4.79 Å². The SMILES string of the molecule is COC(=O)CCSc1ncnc(N)c1C(C)C. The van der Waals surface area contributed by atoms with Gasteiger partial charge in [-0.25, -0.2) is 9.97 Å². The maximum Gasteiger partial charge on any atom is 0.306 e. The van der Waals surface area contributed by atoms with E-state index in [2.05, 4.69) is 14.7 Å². The third-order valence-corrected chi connectivity index (χ3v) is 3.24. The lowest BCUT2D eigenvalue weighted by molar-refractivity contribution is -0.140. The number of methoxy groups -OCH3 is 1. The summed E-state index contributed by atoms with van der Waals surface area (Å²) in [5.41, 5.74) is 6.77. The van der Waals surface area contributed by atoms with Crippen LogP contribution in [0.1, 0.15) is 31.7 Å².